The standard InChI is InChI=1S/C23H24N2O7/c1-23(30,14-25-12-15-8-4-5-9-16(15)20(25)27)22(29)32-13-19(26)24(2)18-11-7-6-10-17(18)21(28)31-3/h4-11,30H,12-14H2,1-3H3/t23-/m0/s1. The number of aliphatic hydroxyl groups is 1. The fraction of sp³-hybridized carbons (Fsp3) is 0.304. The van der Waals surface area contributed by atoms with E-state index in [1.165, 1.54) is 32.0 Å². The Morgan fingerprint density at radius 1 is 1.12 bits per heavy atom. The molecule has 0 aromatic heterocycles. The van der Waals surface area contributed by atoms with Gasteiger partial charge in [0.2, 0.25) is 0 Å². The number of carbonyl (C=O) groups is 4. The maximum Gasteiger partial charge on any atom is 0.340 e. The van der Waals surface area contributed by atoms with Crippen molar-refractivity contribution in [2.45, 2.75) is 19.1 Å². The molecule has 168 valence electrons. The van der Waals surface area contributed by atoms with Gasteiger partial charge in [0.1, 0.15) is 0 Å². The summed E-state index contributed by atoms with van der Waals surface area (Å²) < 4.78 is 9.74. The molecule has 3 rings (SSSR count). The van der Waals surface area contributed by atoms with Gasteiger partial charge in [-0.05, 0) is 30.7 Å². The van der Waals surface area contributed by atoms with Gasteiger partial charge in [-0.2, -0.15) is 0 Å². The molecule has 2 amide bonds. The van der Waals surface area contributed by atoms with E-state index >= 15 is 0 Å². The Labute approximate surface area is 185 Å². The van der Waals surface area contributed by atoms with Gasteiger partial charge in [-0.3, -0.25) is 9.59 Å². The molecule has 9 nitrogen and oxygen atoms in total. The number of β-amino-alcohol motifs (C(OH)–C–C–N with tert-alkyl or cyclic N) is 1. The van der Waals surface area contributed by atoms with Gasteiger partial charge in [0.05, 0.1) is 24.9 Å². The summed E-state index contributed by atoms with van der Waals surface area (Å²) in [7, 11) is 2.66. The molecule has 9 heteroatoms. The third kappa shape index (κ3) is 4.62. The summed E-state index contributed by atoms with van der Waals surface area (Å²) in [6, 6.07) is 13.4. The molecule has 0 unspecified atom stereocenters. The van der Waals surface area contributed by atoms with Crippen LogP contribution in [0, 0.1) is 0 Å². The first-order valence-electron chi connectivity index (χ1n) is 9.86. The number of nitrogens with zero attached hydrogens (tertiary/aromatic N) is 2. The van der Waals surface area contributed by atoms with Gasteiger partial charge < -0.3 is 24.4 Å². The molecule has 32 heavy (non-hydrogen) atoms. The molecule has 0 spiro atoms. The van der Waals surface area contributed by atoms with Crippen molar-refractivity contribution >= 4 is 29.4 Å². The van der Waals surface area contributed by atoms with Crippen LogP contribution in [-0.2, 0) is 25.6 Å². The Morgan fingerprint density at radius 2 is 1.78 bits per heavy atom. The third-order valence-corrected chi connectivity index (χ3v) is 5.21. The SMILES string of the molecule is COC(=O)c1ccccc1N(C)C(=O)COC(=O)[C@@](C)(O)CN1Cc2ccccc2C1=O. The zero-order valence-corrected chi connectivity index (χ0v) is 18.0. The highest BCUT2D eigenvalue weighted by Crippen LogP contribution is 2.25. The summed E-state index contributed by atoms with van der Waals surface area (Å²) in [5.74, 6) is -2.56. The highest BCUT2D eigenvalue weighted by Gasteiger charge is 2.39. The van der Waals surface area contributed by atoms with Gasteiger partial charge in [0.25, 0.3) is 11.8 Å². The van der Waals surface area contributed by atoms with Crippen molar-refractivity contribution in [1.29, 1.82) is 0 Å². The number of hydrogen-bond acceptors (Lipinski definition) is 7. The Kier molecular flexibility index (Phi) is 6.59. The van der Waals surface area contributed by atoms with Gasteiger partial charge in [0.15, 0.2) is 12.2 Å². The first-order chi connectivity index (χ1) is 15.2. The number of methoxy groups -OCH3 is 1. The molecule has 0 fully saturated rings. The predicted octanol–water partition coefficient (Wildman–Crippen LogP) is 1.39. The van der Waals surface area contributed by atoms with Crippen molar-refractivity contribution < 1.29 is 33.8 Å². The van der Waals surface area contributed by atoms with Crippen LogP contribution in [0.1, 0.15) is 33.2 Å². The number of benzene rings is 2. The van der Waals surface area contributed by atoms with Crippen LogP contribution in [0.25, 0.3) is 0 Å². The largest absolute Gasteiger partial charge is 0.465 e. The number of para-hydroxylation sites is 1. The van der Waals surface area contributed by atoms with Crippen LogP contribution in [0.2, 0.25) is 0 Å². The molecule has 0 saturated carbocycles. The topological polar surface area (TPSA) is 113 Å². The van der Waals surface area contributed by atoms with E-state index in [2.05, 4.69) is 0 Å². The molecule has 2 aromatic carbocycles. The van der Waals surface area contributed by atoms with Crippen molar-refractivity contribution in [2.75, 3.05) is 32.2 Å². The van der Waals surface area contributed by atoms with E-state index in [0.29, 0.717) is 5.56 Å². The van der Waals surface area contributed by atoms with E-state index < -0.39 is 30.1 Å². The quantitative estimate of drug-likeness (QED) is 0.647. The van der Waals surface area contributed by atoms with Crippen molar-refractivity contribution in [3.63, 3.8) is 0 Å². The van der Waals surface area contributed by atoms with Gasteiger partial charge in [-0.1, -0.05) is 30.3 Å². The molecule has 0 aliphatic carbocycles. The summed E-state index contributed by atoms with van der Waals surface area (Å²) in [6.07, 6.45) is 0. The van der Waals surface area contributed by atoms with Gasteiger partial charge in [-0.25, -0.2) is 9.59 Å². The predicted molar refractivity (Wildman–Crippen MR) is 114 cm³/mol. The van der Waals surface area contributed by atoms with Crippen LogP contribution >= 0.6 is 0 Å². The monoisotopic (exact) mass is 440 g/mol. The minimum atomic E-state index is -2.01. The van der Waals surface area contributed by atoms with Crippen LogP contribution in [-0.4, -0.2) is 66.7 Å². The van der Waals surface area contributed by atoms with Crippen LogP contribution in [0.3, 0.4) is 0 Å². The number of rotatable bonds is 7. The average Bonchev–Trinajstić information content (AvgIpc) is 3.10. The van der Waals surface area contributed by atoms with E-state index in [4.69, 9.17) is 9.47 Å². The lowest BCUT2D eigenvalue weighted by Gasteiger charge is -2.27. The first kappa shape index (κ1) is 23.0. The third-order valence-electron chi connectivity index (χ3n) is 5.21. The molecule has 1 heterocycles. The second-order valence-corrected chi connectivity index (χ2v) is 7.63. The molecule has 1 aliphatic rings. The number of likely N-dealkylation sites (N-methyl/N-ethyl adjacent to an activating group) is 1. The lowest BCUT2D eigenvalue weighted by atomic mass is 10.1. The Bertz CT molecular complexity index is 1060. The van der Waals surface area contributed by atoms with Crippen molar-refractivity contribution in [2.24, 2.45) is 0 Å². The second-order valence-electron chi connectivity index (χ2n) is 7.63. The highest BCUT2D eigenvalue weighted by molar-refractivity contribution is 6.03. The summed E-state index contributed by atoms with van der Waals surface area (Å²) in [6.45, 7) is 0.556. The van der Waals surface area contributed by atoms with Gasteiger partial charge in [-0.15, -0.1) is 0 Å². The second kappa shape index (κ2) is 9.19. The Balaban J connectivity index is 1.61. The summed E-state index contributed by atoms with van der Waals surface area (Å²) in [5.41, 5.74) is -0.218. The molecule has 1 aliphatic heterocycles. The highest BCUT2D eigenvalue weighted by atomic mass is 16.6. The van der Waals surface area contributed by atoms with Crippen LogP contribution in [0.4, 0.5) is 5.69 Å². The zero-order valence-electron chi connectivity index (χ0n) is 18.0. The van der Waals surface area contributed by atoms with E-state index in [0.717, 1.165) is 10.5 Å². The molecule has 0 bridgehead atoms. The summed E-state index contributed by atoms with van der Waals surface area (Å²) in [5, 5.41) is 10.6. The Hall–Kier alpha value is -3.72. The fourth-order valence-electron chi connectivity index (χ4n) is 3.44. The van der Waals surface area contributed by atoms with Crippen LogP contribution < -0.4 is 4.90 Å². The number of anilines is 1. The number of carbonyl (C=O) groups excluding carboxylic acids is 4. The van der Waals surface area contributed by atoms with Crippen molar-refractivity contribution in [3.8, 4) is 0 Å². The molecule has 2 aromatic rings. The Morgan fingerprint density at radius 3 is 2.47 bits per heavy atom. The first-order valence-corrected chi connectivity index (χ1v) is 9.86. The minimum absolute atomic E-state index is 0.177. The van der Waals surface area contributed by atoms with E-state index in [1.807, 2.05) is 6.07 Å². The van der Waals surface area contributed by atoms with Crippen LogP contribution in [0.5, 0.6) is 0 Å². The fourth-order valence-corrected chi connectivity index (χ4v) is 3.44. The smallest absolute Gasteiger partial charge is 0.340 e. The number of hydrogen-bond donors (Lipinski definition) is 1. The molecule has 1 N–H and O–H groups in total. The van der Waals surface area contributed by atoms with E-state index in [1.54, 1.807) is 36.4 Å². The maximum absolute atomic E-state index is 12.5. The maximum atomic E-state index is 12.5. The molecule has 0 saturated heterocycles. The molecule has 0 radical (unpaired) electrons. The van der Waals surface area contributed by atoms with Crippen molar-refractivity contribution in [1.82, 2.24) is 4.90 Å². The van der Waals surface area contributed by atoms with Crippen molar-refractivity contribution in [3.05, 3.63) is 65.2 Å². The molecular formula is C23H24N2O7. The molecular weight excluding hydrogens is 416 g/mol. The number of fused-ring (bicyclic) bond motifs is 1. The lowest BCUT2D eigenvalue weighted by molar-refractivity contribution is -0.166. The summed E-state index contributed by atoms with van der Waals surface area (Å²) >= 11 is 0. The number of ether oxygens (including phenoxy) is 2. The number of amides is 2. The van der Waals surface area contributed by atoms with E-state index in [9.17, 15) is 24.3 Å². The summed E-state index contributed by atoms with van der Waals surface area (Å²) in [4.78, 5) is 51.9. The number of esters is 2. The average molecular weight is 440 g/mol. The van der Waals surface area contributed by atoms with Gasteiger partial charge >= 0.3 is 11.9 Å². The zero-order chi connectivity index (χ0) is 23.5. The van der Waals surface area contributed by atoms with Gasteiger partial charge in [0, 0.05) is 19.2 Å². The minimum Gasteiger partial charge on any atom is -0.465 e. The normalized spacial score (nSPS) is 14.4. The molecule has 1 atom stereocenters. The van der Waals surface area contributed by atoms with Crippen LogP contribution in [0.15, 0.2) is 48.5 Å². The van der Waals surface area contributed by atoms with E-state index in [-0.39, 0.29) is 30.2 Å². The lowest BCUT2D eigenvalue weighted by Crippen LogP contribution is -2.48.